The molecular formula is C18H14ClN5O2S2. The number of benzene rings is 1. The molecule has 3 heterocycles. The first kappa shape index (κ1) is 18.7. The molecule has 3 aromatic heterocycles. The highest BCUT2D eigenvalue weighted by Gasteiger charge is 2.15. The van der Waals surface area contributed by atoms with E-state index in [-0.39, 0.29) is 18.0 Å². The predicted octanol–water partition coefficient (Wildman–Crippen LogP) is 3.83. The highest BCUT2D eigenvalue weighted by molar-refractivity contribution is 7.17. The fraction of sp³-hybridized carbons (Fsp3) is 0.167. The number of carbonyl (C=O) groups is 1. The molecule has 142 valence electrons. The summed E-state index contributed by atoms with van der Waals surface area (Å²) >= 11 is 8.66. The summed E-state index contributed by atoms with van der Waals surface area (Å²) in [4.78, 5) is 30.3. The van der Waals surface area contributed by atoms with Gasteiger partial charge in [0.15, 0.2) is 0 Å². The van der Waals surface area contributed by atoms with Crippen LogP contribution in [0.15, 0.2) is 40.8 Å². The average Bonchev–Trinajstić information content (AvgIpc) is 3.32. The van der Waals surface area contributed by atoms with Crippen molar-refractivity contribution in [3.05, 3.63) is 56.4 Å². The summed E-state index contributed by atoms with van der Waals surface area (Å²) in [5.74, 6) is -0.356. The van der Waals surface area contributed by atoms with Crippen LogP contribution in [0.25, 0.3) is 21.3 Å². The summed E-state index contributed by atoms with van der Waals surface area (Å²) in [5, 5.41) is 14.8. The monoisotopic (exact) mass is 431 g/mol. The van der Waals surface area contributed by atoms with Crippen LogP contribution in [0, 0.1) is 0 Å². The minimum Gasteiger partial charge on any atom is -0.299 e. The van der Waals surface area contributed by atoms with E-state index < -0.39 is 0 Å². The first-order valence-corrected chi connectivity index (χ1v) is 10.5. The highest BCUT2D eigenvalue weighted by Crippen LogP contribution is 2.31. The zero-order valence-corrected chi connectivity index (χ0v) is 17.1. The molecule has 0 aliphatic rings. The van der Waals surface area contributed by atoms with Gasteiger partial charge in [-0.1, -0.05) is 42.0 Å². The SMILES string of the molecule is CCc1nnc(NC(=O)Cn2cnc3scc(-c4ccc(Cl)cc4)c3c2=O)s1. The van der Waals surface area contributed by atoms with Gasteiger partial charge in [-0.3, -0.25) is 19.5 Å². The topological polar surface area (TPSA) is 89.8 Å². The van der Waals surface area contributed by atoms with Gasteiger partial charge in [0.2, 0.25) is 11.0 Å². The Labute approximate surface area is 172 Å². The van der Waals surface area contributed by atoms with E-state index in [0.29, 0.717) is 20.4 Å². The molecule has 0 saturated heterocycles. The Hall–Kier alpha value is -2.62. The standard InChI is InChI=1S/C18H14ClN5O2S2/c1-2-14-22-23-18(28-14)21-13(25)7-24-9-20-16-15(17(24)26)12(8-27-16)10-3-5-11(19)6-4-10/h3-6,8-9H,2,7H2,1H3,(H,21,23,25). The van der Waals surface area contributed by atoms with E-state index in [0.717, 1.165) is 22.6 Å². The van der Waals surface area contributed by atoms with Crippen molar-refractivity contribution in [1.82, 2.24) is 19.7 Å². The van der Waals surface area contributed by atoms with Crippen LogP contribution in [0.3, 0.4) is 0 Å². The van der Waals surface area contributed by atoms with Crippen LogP contribution in [0.4, 0.5) is 5.13 Å². The Kier molecular flexibility index (Phi) is 5.21. The van der Waals surface area contributed by atoms with Gasteiger partial charge in [0, 0.05) is 16.0 Å². The molecule has 1 amide bonds. The van der Waals surface area contributed by atoms with E-state index in [9.17, 15) is 9.59 Å². The van der Waals surface area contributed by atoms with Gasteiger partial charge in [0.25, 0.3) is 5.56 Å². The Bertz CT molecular complexity index is 1210. The van der Waals surface area contributed by atoms with Crippen molar-refractivity contribution >= 4 is 55.5 Å². The number of nitrogens with zero attached hydrogens (tertiary/aromatic N) is 4. The molecule has 0 atom stereocenters. The molecule has 1 N–H and O–H groups in total. The first-order chi connectivity index (χ1) is 13.5. The van der Waals surface area contributed by atoms with Crippen LogP contribution in [0.2, 0.25) is 5.02 Å². The minimum atomic E-state index is -0.356. The van der Waals surface area contributed by atoms with Crippen molar-refractivity contribution in [3.63, 3.8) is 0 Å². The maximum atomic E-state index is 13.0. The number of thiophene rings is 1. The third-order valence-corrected chi connectivity index (χ3v) is 6.17. The number of anilines is 1. The van der Waals surface area contributed by atoms with E-state index in [1.54, 1.807) is 12.1 Å². The van der Waals surface area contributed by atoms with Crippen molar-refractivity contribution in [3.8, 4) is 11.1 Å². The molecule has 28 heavy (non-hydrogen) atoms. The number of fused-ring (bicyclic) bond motifs is 1. The normalized spacial score (nSPS) is 11.1. The van der Waals surface area contributed by atoms with Crippen LogP contribution < -0.4 is 10.9 Å². The van der Waals surface area contributed by atoms with E-state index in [2.05, 4.69) is 20.5 Å². The van der Waals surface area contributed by atoms with Crippen molar-refractivity contribution in [2.75, 3.05) is 5.32 Å². The molecule has 10 heteroatoms. The smallest absolute Gasteiger partial charge is 0.263 e. The van der Waals surface area contributed by atoms with E-state index in [1.807, 2.05) is 24.4 Å². The van der Waals surface area contributed by atoms with Gasteiger partial charge in [0.05, 0.1) is 11.7 Å². The lowest BCUT2D eigenvalue weighted by Crippen LogP contribution is -2.27. The summed E-state index contributed by atoms with van der Waals surface area (Å²) in [6.07, 6.45) is 2.14. The van der Waals surface area contributed by atoms with Gasteiger partial charge in [-0.2, -0.15) is 0 Å². The third kappa shape index (κ3) is 3.68. The maximum Gasteiger partial charge on any atom is 0.263 e. The fourth-order valence-electron chi connectivity index (χ4n) is 2.68. The summed E-state index contributed by atoms with van der Waals surface area (Å²) in [7, 11) is 0. The van der Waals surface area contributed by atoms with Crippen LogP contribution in [-0.4, -0.2) is 25.7 Å². The fourth-order valence-corrected chi connectivity index (χ4v) is 4.41. The first-order valence-electron chi connectivity index (χ1n) is 8.40. The van der Waals surface area contributed by atoms with E-state index in [1.165, 1.54) is 33.6 Å². The second-order valence-corrected chi connectivity index (χ2v) is 8.27. The Morgan fingerprint density at radius 1 is 1.25 bits per heavy atom. The molecule has 4 rings (SSSR count). The predicted molar refractivity (Wildman–Crippen MR) is 112 cm³/mol. The summed E-state index contributed by atoms with van der Waals surface area (Å²) in [6, 6.07) is 7.26. The van der Waals surface area contributed by atoms with E-state index in [4.69, 9.17) is 11.6 Å². The Morgan fingerprint density at radius 2 is 2.04 bits per heavy atom. The van der Waals surface area contributed by atoms with Gasteiger partial charge >= 0.3 is 0 Å². The van der Waals surface area contributed by atoms with Crippen LogP contribution in [-0.2, 0) is 17.8 Å². The Balaban J connectivity index is 1.63. The lowest BCUT2D eigenvalue weighted by molar-refractivity contribution is -0.116. The zero-order valence-electron chi connectivity index (χ0n) is 14.7. The lowest BCUT2D eigenvalue weighted by Gasteiger charge is -2.06. The van der Waals surface area contributed by atoms with Gasteiger partial charge in [-0.05, 0) is 24.1 Å². The molecule has 7 nitrogen and oxygen atoms in total. The number of halogens is 1. The molecule has 0 saturated carbocycles. The van der Waals surface area contributed by atoms with Crippen molar-refractivity contribution in [2.24, 2.45) is 0 Å². The largest absolute Gasteiger partial charge is 0.299 e. The van der Waals surface area contributed by atoms with Gasteiger partial charge in [-0.25, -0.2) is 4.98 Å². The second kappa shape index (κ2) is 7.78. The average molecular weight is 432 g/mol. The molecule has 0 aliphatic carbocycles. The third-order valence-electron chi connectivity index (χ3n) is 4.05. The number of hydrogen-bond acceptors (Lipinski definition) is 7. The number of nitrogens with one attached hydrogen (secondary N) is 1. The molecule has 4 aromatic rings. The van der Waals surface area contributed by atoms with Crippen molar-refractivity contribution < 1.29 is 4.79 Å². The molecule has 0 fully saturated rings. The molecule has 1 aromatic carbocycles. The number of hydrogen-bond donors (Lipinski definition) is 1. The Morgan fingerprint density at radius 3 is 2.75 bits per heavy atom. The number of rotatable bonds is 5. The molecule has 0 radical (unpaired) electrons. The summed E-state index contributed by atoms with van der Waals surface area (Å²) in [5.41, 5.74) is 1.39. The second-order valence-electron chi connectivity index (χ2n) is 5.92. The van der Waals surface area contributed by atoms with Gasteiger partial charge < -0.3 is 0 Å². The summed E-state index contributed by atoms with van der Waals surface area (Å²) in [6.45, 7) is 1.81. The van der Waals surface area contributed by atoms with Crippen LogP contribution in [0.5, 0.6) is 0 Å². The molecule has 0 bridgehead atoms. The highest BCUT2D eigenvalue weighted by atomic mass is 35.5. The number of aryl methyl sites for hydroxylation is 1. The molecule has 0 unspecified atom stereocenters. The minimum absolute atomic E-state index is 0.154. The van der Waals surface area contributed by atoms with Crippen molar-refractivity contribution in [2.45, 2.75) is 19.9 Å². The van der Waals surface area contributed by atoms with E-state index >= 15 is 0 Å². The van der Waals surface area contributed by atoms with Crippen LogP contribution >= 0.6 is 34.3 Å². The van der Waals surface area contributed by atoms with Crippen LogP contribution in [0.1, 0.15) is 11.9 Å². The van der Waals surface area contributed by atoms with Crippen molar-refractivity contribution in [1.29, 1.82) is 0 Å². The number of amides is 1. The molecular weight excluding hydrogens is 418 g/mol. The molecule has 0 spiro atoms. The summed E-state index contributed by atoms with van der Waals surface area (Å²) < 4.78 is 1.30. The number of aromatic nitrogens is 4. The zero-order chi connectivity index (χ0) is 19.7. The maximum absolute atomic E-state index is 13.0. The quantitative estimate of drug-likeness (QED) is 0.518. The van der Waals surface area contributed by atoms with Gasteiger partial charge in [-0.15, -0.1) is 21.5 Å². The molecule has 0 aliphatic heterocycles. The lowest BCUT2D eigenvalue weighted by atomic mass is 10.1. The number of carbonyl (C=O) groups excluding carboxylic acids is 1. The van der Waals surface area contributed by atoms with Gasteiger partial charge in [0.1, 0.15) is 16.4 Å².